The van der Waals surface area contributed by atoms with E-state index < -0.39 is 0 Å². The van der Waals surface area contributed by atoms with Crippen LogP contribution in [0.3, 0.4) is 0 Å². The Morgan fingerprint density at radius 3 is 2.65 bits per heavy atom. The predicted molar refractivity (Wildman–Crippen MR) is 65.1 cm³/mol. The Labute approximate surface area is 101 Å². The van der Waals surface area contributed by atoms with E-state index in [9.17, 15) is 4.79 Å². The molecule has 1 amide bonds. The zero-order chi connectivity index (χ0) is 11.9. The lowest BCUT2D eigenvalue weighted by Gasteiger charge is -2.33. The second-order valence-corrected chi connectivity index (χ2v) is 4.96. The summed E-state index contributed by atoms with van der Waals surface area (Å²) in [5.74, 6) is 1.18. The molecule has 2 aliphatic heterocycles. The van der Waals surface area contributed by atoms with E-state index in [-0.39, 0.29) is 5.41 Å². The van der Waals surface area contributed by atoms with Crippen molar-refractivity contribution in [3.63, 3.8) is 0 Å². The van der Waals surface area contributed by atoms with Crippen molar-refractivity contribution in [3.05, 3.63) is 29.8 Å². The summed E-state index contributed by atoms with van der Waals surface area (Å²) in [7, 11) is 1.66. The molecule has 2 fully saturated rings. The molecule has 0 saturated carbocycles. The van der Waals surface area contributed by atoms with E-state index in [2.05, 4.69) is 0 Å². The van der Waals surface area contributed by atoms with Crippen LogP contribution in [0, 0.1) is 0 Å². The van der Waals surface area contributed by atoms with E-state index in [0.717, 1.165) is 43.7 Å². The molecule has 3 rings (SSSR count). The summed E-state index contributed by atoms with van der Waals surface area (Å²) in [6, 6.07) is 8.00. The fourth-order valence-electron chi connectivity index (χ4n) is 3.18. The van der Waals surface area contributed by atoms with Gasteiger partial charge in [-0.05, 0) is 37.0 Å². The van der Waals surface area contributed by atoms with Gasteiger partial charge in [-0.15, -0.1) is 0 Å². The maximum Gasteiger partial charge on any atom is 0.233 e. The lowest BCUT2D eigenvalue weighted by atomic mass is 9.74. The first-order valence-corrected chi connectivity index (χ1v) is 6.20. The molecule has 0 aromatic heterocycles. The second kappa shape index (κ2) is 3.76. The number of rotatable bonds is 2. The van der Waals surface area contributed by atoms with Gasteiger partial charge in [0.2, 0.25) is 5.91 Å². The summed E-state index contributed by atoms with van der Waals surface area (Å²) in [6.07, 6.45) is 3.09. The van der Waals surface area contributed by atoms with E-state index in [1.807, 2.05) is 29.2 Å². The molecule has 0 N–H and O–H groups in total. The first kappa shape index (κ1) is 10.6. The average Bonchev–Trinajstić information content (AvgIpc) is 2.58. The lowest BCUT2D eigenvalue weighted by molar-refractivity contribution is -0.134. The van der Waals surface area contributed by atoms with Crippen molar-refractivity contribution in [1.82, 2.24) is 4.90 Å². The number of ether oxygens (including phenoxy) is 1. The van der Waals surface area contributed by atoms with Crippen molar-refractivity contribution < 1.29 is 9.53 Å². The quantitative estimate of drug-likeness (QED) is 0.778. The standard InChI is InChI=1S/C14H17NO2/c1-17-12-5-3-11(4-6-12)14-7-2-9-15(10-8-14)13(14)16/h3-6H,2,7-10H2,1H3. The Hall–Kier alpha value is -1.51. The minimum Gasteiger partial charge on any atom is -0.497 e. The minimum absolute atomic E-state index is 0.232. The molecule has 0 radical (unpaired) electrons. The van der Waals surface area contributed by atoms with Gasteiger partial charge in [-0.2, -0.15) is 0 Å². The molecule has 2 saturated heterocycles. The van der Waals surface area contributed by atoms with Crippen molar-refractivity contribution in [2.45, 2.75) is 24.7 Å². The van der Waals surface area contributed by atoms with Crippen molar-refractivity contribution in [2.75, 3.05) is 20.2 Å². The van der Waals surface area contributed by atoms with Crippen LogP contribution in [0.4, 0.5) is 0 Å². The molecule has 2 bridgehead atoms. The third kappa shape index (κ3) is 1.45. The summed E-state index contributed by atoms with van der Waals surface area (Å²) in [4.78, 5) is 14.4. The van der Waals surface area contributed by atoms with Gasteiger partial charge in [0.1, 0.15) is 5.75 Å². The molecule has 1 atom stereocenters. The number of nitrogens with zero attached hydrogens (tertiary/aromatic N) is 1. The number of carbonyl (C=O) groups excluding carboxylic acids is 1. The van der Waals surface area contributed by atoms with Gasteiger partial charge in [0.05, 0.1) is 12.5 Å². The number of hydrogen-bond donors (Lipinski definition) is 0. The van der Waals surface area contributed by atoms with Gasteiger partial charge in [-0.3, -0.25) is 4.79 Å². The molecular formula is C14H17NO2. The molecular weight excluding hydrogens is 214 g/mol. The van der Waals surface area contributed by atoms with Crippen LogP contribution < -0.4 is 4.74 Å². The summed E-state index contributed by atoms with van der Waals surface area (Å²) < 4.78 is 5.16. The fourth-order valence-corrected chi connectivity index (χ4v) is 3.18. The second-order valence-electron chi connectivity index (χ2n) is 4.96. The first-order valence-electron chi connectivity index (χ1n) is 6.20. The van der Waals surface area contributed by atoms with Gasteiger partial charge in [-0.1, -0.05) is 12.1 Å². The molecule has 1 unspecified atom stereocenters. The number of amides is 1. The molecule has 0 aliphatic carbocycles. The molecule has 90 valence electrons. The first-order chi connectivity index (χ1) is 8.26. The third-order valence-electron chi connectivity index (χ3n) is 4.18. The zero-order valence-corrected chi connectivity index (χ0v) is 10.1. The Kier molecular flexibility index (Phi) is 2.35. The maximum atomic E-state index is 12.4. The van der Waals surface area contributed by atoms with Crippen LogP contribution in [0.25, 0.3) is 0 Å². The van der Waals surface area contributed by atoms with Crippen LogP contribution in [-0.4, -0.2) is 31.0 Å². The van der Waals surface area contributed by atoms with Crippen LogP contribution in [-0.2, 0) is 10.2 Å². The Morgan fingerprint density at radius 1 is 1.18 bits per heavy atom. The fraction of sp³-hybridized carbons (Fsp3) is 0.500. The molecule has 1 aromatic rings. The Morgan fingerprint density at radius 2 is 1.94 bits per heavy atom. The number of fused-ring (bicyclic) bond motifs is 2. The van der Waals surface area contributed by atoms with Gasteiger partial charge < -0.3 is 9.64 Å². The highest BCUT2D eigenvalue weighted by molar-refractivity contribution is 5.91. The maximum absolute atomic E-state index is 12.4. The minimum atomic E-state index is -0.232. The highest BCUT2D eigenvalue weighted by Crippen LogP contribution is 2.43. The van der Waals surface area contributed by atoms with Crippen LogP contribution in [0.1, 0.15) is 24.8 Å². The molecule has 17 heavy (non-hydrogen) atoms. The number of hydrogen-bond acceptors (Lipinski definition) is 2. The Bertz CT molecular complexity index is 436. The van der Waals surface area contributed by atoms with Crippen LogP contribution in [0.2, 0.25) is 0 Å². The summed E-state index contributed by atoms with van der Waals surface area (Å²) in [6.45, 7) is 1.86. The van der Waals surface area contributed by atoms with E-state index in [4.69, 9.17) is 4.74 Å². The molecule has 1 aromatic carbocycles. The monoisotopic (exact) mass is 231 g/mol. The van der Waals surface area contributed by atoms with Gasteiger partial charge in [0.25, 0.3) is 0 Å². The van der Waals surface area contributed by atoms with E-state index >= 15 is 0 Å². The van der Waals surface area contributed by atoms with Gasteiger partial charge >= 0.3 is 0 Å². The number of piperidine rings is 1. The third-order valence-corrected chi connectivity index (χ3v) is 4.18. The highest BCUT2D eigenvalue weighted by atomic mass is 16.5. The van der Waals surface area contributed by atoms with E-state index in [1.165, 1.54) is 0 Å². The zero-order valence-electron chi connectivity index (χ0n) is 10.1. The van der Waals surface area contributed by atoms with E-state index in [1.54, 1.807) is 7.11 Å². The van der Waals surface area contributed by atoms with Crippen molar-refractivity contribution in [3.8, 4) is 5.75 Å². The average molecular weight is 231 g/mol. The SMILES string of the molecule is COc1ccc(C23CCCN(CC2)C3=O)cc1. The van der Waals surface area contributed by atoms with Crippen molar-refractivity contribution in [1.29, 1.82) is 0 Å². The smallest absolute Gasteiger partial charge is 0.233 e. The highest BCUT2D eigenvalue weighted by Gasteiger charge is 2.49. The molecule has 3 nitrogen and oxygen atoms in total. The molecule has 3 heteroatoms. The lowest BCUT2D eigenvalue weighted by Crippen LogP contribution is -2.42. The molecule has 2 heterocycles. The predicted octanol–water partition coefficient (Wildman–Crippen LogP) is 1.96. The summed E-state index contributed by atoms with van der Waals surface area (Å²) >= 11 is 0. The van der Waals surface area contributed by atoms with Crippen LogP contribution >= 0.6 is 0 Å². The number of benzene rings is 1. The number of methoxy groups -OCH3 is 1. The normalized spacial score (nSPS) is 27.4. The van der Waals surface area contributed by atoms with Crippen molar-refractivity contribution in [2.24, 2.45) is 0 Å². The van der Waals surface area contributed by atoms with Crippen LogP contribution in [0.15, 0.2) is 24.3 Å². The van der Waals surface area contributed by atoms with Gasteiger partial charge in [0.15, 0.2) is 0 Å². The largest absolute Gasteiger partial charge is 0.497 e. The summed E-state index contributed by atoms with van der Waals surface area (Å²) in [5, 5.41) is 0. The summed E-state index contributed by atoms with van der Waals surface area (Å²) in [5.41, 5.74) is 0.926. The Balaban J connectivity index is 1.98. The van der Waals surface area contributed by atoms with E-state index in [0.29, 0.717) is 5.91 Å². The van der Waals surface area contributed by atoms with Gasteiger partial charge in [-0.25, -0.2) is 0 Å². The van der Waals surface area contributed by atoms with Crippen molar-refractivity contribution >= 4 is 5.91 Å². The topological polar surface area (TPSA) is 29.5 Å². The van der Waals surface area contributed by atoms with Crippen LogP contribution in [0.5, 0.6) is 5.75 Å². The molecule has 0 spiro atoms. The molecule has 2 aliphatic rings. The van der Waals surface area contributed by atoms with Gasteiger partial charge in [0, 0.05) is 13.1 Å². The number of carbonyl (C=O) groups is 1.